The van der Waals surface area contributed by atoms with Crippen molar-refractivity contribution < 1.29 is 0 Å². The minimum Gasteiger partial charge on any atom is -0.267 e. The van der Waals surface area contributed by atoms with Crippen LogP contribution in [-0.4, -0.2) is 14.6 Å². The molecule has 2 aromatic heterocycles. The van der Waals surface area contributed by atoms with Gasteiger partial charge in [0, 0.05) is 6.07 Å². The molecule has 0 fully saturated rings. The van der Waals surface area contributed by atoms with Crippen LogP contribution in [0.4, 0.5) is 0 Å². The van der Waals surface area contributed by atoms with E-state index in [1.54, 1.807) is 0 Å². The number of rotatable bonds is 1. The van der Waals surface area contributed by atoms with Crippen LogP contribution in [0.5, 0.6) is 0 Å². The standard InChI is InChI=1S/C7H6ClN3OS/c1-4-10-11-6(12)2-5(3-8)9-7(11)13-4/h2H,3H2,1H3. The summed E-state index contributed by atoms with van der Waals surface area (Å²) in [5.41, 5.74) is 0.417. The van der Waals surface area contributed by atoms with Gasteiger partial charge in [-0.25, -0.2) is 4.98 Å². The lowest BCUT2D eigenvalue weighted by molar-refractivity contribution is 0.871. The largest absolute Gasteiger partial charge is 0.275 e. The van der Waals surface area contributed by atoms with Crippen molar-refractivity contribution in [1.82, 2.24) is 14.6 Å². The molecule has 0 saturated heterocycles. The number of halogens is 1. The summed E-state index contributed by atoms with van der Waals surface area (Å²) in [6.45, 7) is 1.83. The number of aryl methyl sites for hydroxylation is 1. The lowest BCUT2D eigenvalue weighted by Gasteiger charge is -1.92. The Morgan fingerprint density at radius 2 is 2.46 bits per heavy atom. The van der Waals surface area contributed by atoms with E-state index in [-0.39, 0.29) is 11.4 Å². The van der Waals surface area contributed by atoms with Crippen molar-refractivity contribution in [3.8, 4) is 0 Å². The third kappa shape index (κ3) is 1.45. The van der Waals surface area contributed by atoms with Gasteiger partial charge in [0.05, 0.1) is 11.6 Å². The third-order valence-corrected chi connectivity index (χ3v) is 2.63. The van der Waals surface area contributed by atoms with E-state index in [0.717, 1.165) is 5.01 Å². The molecule has 0 atom stereocenters. The van der Waals surface area contributed by atoms with Crippen LogP contribution >= 0.6 is 22.9 Å². The van der Waals surface area contributed by atoms with Crippen molar-refractivity contribution in [3.05, 3.63) is 27.1 Å². The first kappa shape index (κ1) is 8.65. The van der Waals surface area contributed by atoms with Crippen molar-refractivity contribution in [2.75, 3.05) is 0 Å². The Hall–Kier alpha value is -0.940. The average Bonchev–Trinajstić information content (AvgIpc) is 2.46. The van der Waals surface area contributed by atoms with E-state index >= 15 is 0 Å². The Morgan fingerprint density at radius 3 is 3.15 bits per heavy atom. The molecular weight excluding hydrogens is 210 g/mol. The summed E-state index contributed by atoms with van der Waals surface area (Å²) >= 11 is 6.96. The summed E-state index contributed by atoms with van der Waals surface area (Å²) in [7, 11) is 0. The highest BCUT2D eigenvalue weighted by atomic mass is 35.5. The smallest absolute Gasteiger partial charge is 0.267 e. The molecule has 2 aromatic rings. The normalized spacial score (nSPS) is 10.9. The number of alkyl halides is 1. The van der Waals surface area contributed by atoms with Gasteiger partial charge >= 0.3 is 0 Å². The number of fused-ring (bicyclic) bond motifs is 1. The van der Waals surface area contributed by atoms with E-state index in [1.807, 2.05) is 6.92 Å². The molecule has 0 aliphatic carbocycles. The van der Waals surface area contributed by atoms with E-state index in [9.17, 15) is 4.79 Å². The molecule has 0 N–H and O–H groups in total. The van der Waals surface area contributed by atoms with E-state index in [2.05, 4.69) is 10.1 Å². The summed E-state index contributed by atoms with van der Waals surface area (Å²) in [5.74, 6) is 0.253. The number of nitrogens with zero attached hydrogens (tertiary/aromatic N) is 3. The number of hydrogen-bond donors (Lipinski definition) is 0. The molecule has 2 heterocycles. The lowest BCUT2D eigenvalue weighted by atomic mass is 10.4. The quantitative estimate of drug-likeness (QED) is 0.672. The Kier molecular flexibility index (Phi) is 2.05. The van der Waals surface area contributed by atoms with Gasteiger partial charge in [-0.2, -0.15) is 9.61 Å². The van der Waals surface area contributed by atoms with E-state index in [1.165, 1.54) is 21.9 Å². The maximum Gasteiger partial charge on any atom is 0.275 e. The van der Waals surface area contributed by atoms with Gasteiger partial charge < -0.3 is 0 Å². The fourth-order valence-corrected chi connectivity index (χ4v) is 1.92. The summed E-state index contributed by atoms with van der Waals surface area (Å²) in [4.78, 5) is 16.1. The van der Waals surface area contributed by atoms with Crippen LogP contribution in [0, 0.1) is 6.92 Å². The van der Waals surface area contributed by atoms with Gasteiger partial charge in [0.2, 0.25) is 4.96 Å². The highest BCUT2D eigenvalue weighted by Gasteiger charge is 2.05. The highest BCUT2D eigenvalue weighted by molar-refractivity contribution is 7.16. The SMILES string of the molecule is Cc1nn2c(=O)cc(CCl)nc2s1. The van der Waals surface area contributed by atoms with Crippen LogP contribution < -0.4 is 5.56 Å². The first-order valence-electron chi connectivity index (χ1n) is 3.63. The Labute approximate surface area is 82.8 Å². The number of hydrogen-bond acceptors (Lipinski definition) is 4. The van der Waals surface area contributed by atoms with Crippen molar-refractivity contribution in [2.24, 2.45) is 0 Å². The molecule has 0 aliphatic heterocycles. The number of aromatic nitrogens is 3. The fourth-order valence-electron chi connectivity index (χ4n) is 1.02. The van der Waals surface area contributed by atoms with Gasteiger partial charge in [0.1, 0.15) is 5.01 Å². The van der Waals surface area contributed by atoms with Gasteiger partial charge in [-0.15, -0.1) is 11.6 Å². The zero-order valence-corrected chi connectivity index (χ0v) is 8.39. The molecule has 0 radical (unpaired) electrons. The highest BCUT2D eigenvalue weighted by Crippen LogP contribution is 2.10. The summed E-state index contributed by atoms with van der Waals surface area (Å²) in [6, 6.07) is 1.40. The minimum absolute atomic E-state index is 0.176. The van der Waals surface area contributed by atoms with Crippen LogP contribution in [0.1, 0.15) is 10.7 Å². The van der Waals surface area contributed by atoms with Crippen molar-refractivity contribution in [3.63, 3.8) is 0 Å². The second kappa shape index (κ2) is 3.08. The van der Waals surface area contributed by atoms with Crippen LogP contribution in [0.25, 0.3) is 4.96 Å². The second-order valence-electron chi connectivity index (χ2n) is 2.53. The zero-order chi connectivity index (χ0) is 9.42. The molecule has 13 heavy (non-hydrogen) atoms. The van der Waals surface area contributed by atoms with E-state index in [4.69, 9.17) is 11.6 Å². The monoisotopic (exact) mass is 215 g/mol. The second-order valence-corrected chi connectivity index (χ2v) is 3.96. The predicted molar refractivity (Wildman–Crippen MR) is 51.4 cm³/mol. The molecule has 0 saturated carbocycles. The first-order chi connectivity index (χ1) is 6.20. The Bertz CT molecular complexity index is 504. The first-order valence-corrected chi connectivity index (χ1v) is 4.98. The van der Waals surface area contributed by atoms with Crippen molar-refractivity contribution in [2.45, 2.75) is 12.8 Å². The molecule has 0 bridgehead atoms. The van der Waals surface area contributed by atoms with Crippen LogP contribution in [0.2, 0.25) is 0 Å². The molecule has 2 rings (SSSR count). The fraction of sp³-hybridized carbons (Fsp3) is 0.286. The topological polar surface area (TPSA) is 47.3 Å². The van der Waals surface area contributed by atoms with Gasteiger partial charge in [0.25, 0.3) is 5.56 Å². The molecule has 6 heteroatoms. The average molecular weight is 216 g/mol. The zero-order valence-electron chi connectivity index (χ0n) is 6.82. The third-order valence-electron chi connectivity index (χ3n) is 1.54. The van der Waals surface area contributed by atoms with Crippen LogP contribution in [-0.2, 0) is 5.88 Å². The summed E-state index contributed by atoms with van der Waals surface area (Å²) in [5, 5.41) is 4.82. The maximum atomic E-state index is 11.4. The molecule has 0 unspecified atom stereocenters. The molecule has 0 aliphatic rings. The molecule has 4 nitrogen and oxygen atoms in total. The van der Waals surface area contributed by atoms with Crippen LogP contribution in [0.3, 0.4) is 0 Å². The van der Waals surface area contributed by atoms with Crippen molar-refractivity contribution in [1.29, 1.82) is 0 Å². The molecule has 0 spiro atoms. The Morgan fingerprint density at radius 1 is 1.69 bits per heavy atom. The van der Waals surface area contributed by atoms with Crippen LogP contribution in [0.15, 0.2) is 10.9 Å². The van der Waals surface area contributed by atoms with E-state index < -0.39 is 0 Å². The van der Waals surface area contributed by atoms with E-state index in [0.29, 0.717) is 10.7 Å². The summed E-state index contributed by atoms with van der Waals surface area (Å²) in [6.07, 6.45) is 0. The van der Waals surface area contributed by atoms with Gasteiger partial charge in [-0.1, -0.05) is 11.3 Å². The lowest BCUT2D eigenvalue weighted by Crippen LogP contribution is -2.14. The minimum atomic E-state index is -0.176. The van der Waals surface area contributed by atoms with Gasteiger partial charge in [-0.05, 0) is 6.92 Å². The van der Waals surface area contributed by atoms with Gasteiger partial charge in [-0.3, -0.25) is 4.79 Å². The molecule has 0 amide bonds. The molecular formula is C7H6ClN3OS. The van der Waals surface area contributed by atoms with Gasteiger partial charge in [0.15, 0.2) is 0 Å². The Balaban J connectivity index is 2.83. The molecule has 68 valence electrons. The predicted octanol–water partition coefficient (Wildman–Crippen LogP) is 1.20. The summed E-state index contributed by atoms with van der Waals surface area (Å²) < 4.78 is 1.29. The van der Waals surface area contributed by atoms with Crippen molar-refractivity contribution >= 4 is 27.9 Å². The molecule has 0 aromatic carbocycles. The maximum absolute atomic E-state index is 11.4.